The Morgan fingerprint density at radius 2 is 1.94 bits per heavy atom. The minimum Gasteiger partial charge on any atom is -0.385 e. The molecule has 0 saturated carbocycles. The van der Waals surface area contributed by atoms with E-state index in [0.717, 1.165) is 18.7 Å². The second-order valence-corrected chi connectivity index (χ2v) is 3.75. The Kier molecular flexibility index (Phi) is 6.10. The fourth-order valence-electron chi connectivity index (χ4n) is 1.38. The van der Waals surface area contributed by atoms with E-state index in [0.29, 0.717) is 18.7 Å². The third-order valence-corrected chi connectivity index (χ3v) is 2.32. The van der Waals surface area contributed by atoms with Crippen LogP contribution in [0.15, 0.2) is 24.3 Å². The first-order valence-corrected chi connectivity index (χ1v) is 5.89. The molecule has 0 heterocycles. The zero-order valence-corrected chi connectivity index (χ0v) is 10.5. The number of anilines is 1. The van der Waals surface area contributed by atoms with Gasteiger partial charge in [0.1, 0.15) is 0 Å². The van der Waals surface area contributed by atoms with Gasteiger partial charge in [0.15, 0.2) is 0 Å². The summed E-state index contributed by atoms with van der Waals surface area (Å²) in [7, 11) is 1.61. The molecule has 0 aliphatic heterocycles. The SMILES string of the molecule is CCCNc1ccc(C(=O)NCCOC)cc1. The number of hydrogen-bond donors (Lipinski definition) is 2. The summed E-state index contributed by atoms with van der Waals surface area (Å²) >= 11 is 0. The molecule has 94 valence electrons. The first-order chi connectivity index (χ1) is 8.27. The van der Waals surface area contributed by atoms with Crippen LogP contribution < -0.4 is 10.6 Å². The molecule has 2 N–H and O–H groups in total. The van der Waals surface area contributed by atoms with Crippen LogP contribution in [0.4, 0.5) is 5.69 Å². The van der Waals surface area contributed by atoms with Crippen molar-refractivity contribution in [2.24, 2.45) is 0 Å². The summed E-state index contributed by atoms with van der Waals surface area (Å²) in [6.45, 7) is 4.12. The average Bonchev–Trinajstić information content (AvgIpc) is 2.37. The molecule has 0 bridgehead atoms. The van der Waals surface area contributed by atoms with Crippen LogP contribution in [0.2, 0.25) is 0 Å². The lowest BCUT2D eigenvalue weighted by atomic mass is 10.2. The van der Waals surface area contributed by atoms with Crippen LogP contribution >= 0.6 is 0 Å². The topological polar surface area (TPSA) is 50.4 Å². The van der Waals surface area contributed by atoms with Gasteiger partial charge in [0.05, 0.1) is 6.61 Å². The first kappa shape index (κ1) is 13.5. The van der Waals surface area contributed by atoms with Crippen molar-refractivity contribution >= 4 is 11.6 Å². The highest BCUT2D eigenvalue weighted by molar-refractivity contribution is 5.94. The summed E-state index contributed by atoms with van der Waals surface area (Å²) in [5.41, 5.74) is 1.71. The number of nitrogens with one attached hydrogen (secondary N) is 2. The van der Waals surface area contributed by atoms with Crippen molar-refractivity contribution in [1.82, 2.24) is 5.32 Å². The summed E-state index contributed by atoms with van der Waals surface area (Å²) < 4.78 is 4.87. The molecule has 1 aromatic rings. The number of ether oxygens (including phenoxy) is 1. The van der Waals surface area contributed by atoms with Crippen LogP contribution in [-0.4, -0.2) is 32.7 Å². The molecule has 0 aromatic heterocycles. The molecule has 0 aliphatic rings. The highest BCUT2D eigenvalue weighted by Gasteiger charge is 2.03. The van der Waals surface area contributed by atoms with E-state index in [4.69, 9.17) is 4.74 Å². The third-order valence-electron chi connectivity index (χ3n) is 2.32. The molecule has 17 heavy (non-hydrogen) atoms. The molecule has 4 heteroatoms. The summed E-state index contributed by atoms with van der Waals surface area (Å²) in [4.78, 5) is 11.7. The van der Waals surface area contributed by atoms with E-state index in [-0.39, 0.29) is 5.91 Å². The summed E-state index contributed by atoms with van der Waals surface area (Å²) in [5.74, 6) is -0.0657. The van der Waals surface area contributed by atoms with Crippen molar-refractivity contribution in [3.63, 3.8) is 0 Å². The van der Waals surface area contributed by atoms with E-state index in [9.17, 15) is 4.79 Å². The van der Waals surface area contributed by atoms with Crippen molar-refractivity contribution in [1.29, 1.82) is 0 Å². The predicted molar refractivity (Wildman–Crippen MR) is 69.4 cm³/mol. The van der Waals surface area contributed by atoms with Gasteiger partial charge in [-0.25, -0.2) is 0 Å². The van der Waals surface area contributed by atoms with Crippen molar-refractivity contribution in [2.75, 3.05) is 32.1 Å². The Balaban J connectivity index is 2.46. The molecule has 0 unspecified atom stereocenters. The second-order valence-electron chi connectivity index (χ2n) is 3.75. The smallest absolute Gasteiger partial charge is 0.251 e. The van der Waals surface area contributed by atoms with Crippen molar-refractivity contribution in [2.45, 2.75) is 13.3 Å². The Morgan fingerprint density at radius 1 is 1.24 bits per heavy atom. The number of carbonyl (C=O) groups excluding carboxylic acids is 1. The Labute approximate surface area is 102 Å². The molecule has 0 aliphatic carbocycles. The van der Waals surface area contributed by atoms with Crippen LogP contribution in [-0.2, 0) is 4.74 Å². The van der Waals surface area contributed by atoms with Gasteiger partial charge in [-0.1, -0.05) is 6.92 Å². The van der Waals surface area contributed by atoms with Gasteiger partial charge in [-0.15, -0.1) is 0 Å². The van der Waals surface area contributed by atoms with E-state index in [1.165, 1.54) is 0 Å². The standard InChI is InChI=1S/C13H20N2O2/c1-3-8-14-12-6-4-11(5-7-12)13(16)15-9-10-17-2/h4-7,14H,3,8-10H2,1-2H3,(H,15,16). The summed E-state index contributed by atoms with van der Waals surface area (Å²) in [5, 5.41) is 6.04. The number of benzene rings is 1. The highest BCUT2D eigenvalue weighted by Crippen LogP contribution is 2.09. The monoisotopic (exact) mass is 236 g/mol. The number of rotatable bonds is 7. The fraction of sp³-hybridized carbons (Fsp3) is 0.462. The molecule has 4 nitrogen and oxygen atoms in total. The average molecular weight is 236 g/mol. The maximum absolute atomic E-state index is 11.7. The van der Waals surface area contributed by atoms with Crippen molar-refractivity contribution < 1.29 is 9.53 Å². The van der Waals surface area contributed by atoms with Crippen LogP contribution in [0.5, 0.6) is 0 Å². The fourth-order valence-corrected chi connectivity index (χ4v) is 1.38. The normalized spacial score (nSPS) is 10.0. The van der Waals surface area contributed by atoms with E-state index in [2.05, 4.69) is 17.6 Å². The van der Waals surface area contributed by atoms with E-state index >= 15 is 0 Å². The van der Waals surface area contributed by atoms with Gasteiger partial charge < -0.3 is 15.4 Å². The summed E-state index contributed by atoms with van der Waals surface area (Å²) in [6.07, 6.45) is 1.08. The quantitative estimate of drug-likeness (QED) is 0.711. The lowest BCUT2D eigenvalue weighted by molar-refractivity contribution is 0.0937. The van der Waals surface area contributed by atoms with E-state index in [1.807, 2.05) is 24.3 Å². The first-order valence-electron chi connectivity index (χ1n) is 5.89. The Hall–Kier alpha value is -1.55. The highest BCUT2D eigenvalue weighted by atomic mass is 16.5. The van der Waals surface area contributed by atoms with Crippen LogP contribution in [0.25, 0.3) is 0 Å². The largest absolute Gasteiger partial charge is 0.385 e. The van der Waals surface area contributed by atoms with Gasteiger partial charge in [0.25, 0.3) is 5.91 Å². The number of carbonyl (C=O) groups is 1. The Morgan fingerprint density at radius 3 is 2.53 bits per heavy atom. The molecule has 0 atom stereocenters. The number of amides is 1. The van der Waals surface area contributed by atoms with Crippen LogP contribution in [0, 0.1) is 0 Å². The molecular weight excluding hydrogens is 216 g/mol. The zero-order valence-electron chi connectivity index (χ0n) is 10.5. The minimum absolute atomic E-state index is 0.0657. The van der Waals surface area contributed by atoms with E-state index < -0.39 is 0 Å². The van der Waals surface area contributed by atoms with Gasteiger partial charge in [-0.3, -0.25) is 4.79 Å². The van der Waals surface area contributed by atoms with Gasteiger partial charge in [0.2, 0.25) is 0 Å². The third kappa shape index (κ3) is 4.87. The Bertz CT molecular complexity index is 336. The molecular formula is C13H20N2O2. The molecule has 1 amide bonds. The number of hydrogen-bond acceptors (Lipinski definition) is 3. The van der Waals surface area contributed by atoms with Gasteiger partial charge in [0, 0.05) is 31.5 Å². The minimum atomic E-state index is -0.0657. The van der Waals surface area contributed by atoms with Gasteiger partial charge >= 0.3 is 0 Å². The van der Waals surface area contributed by atoms with E-state index in [1.54, 1.807) is 7.11 Å². The molecule has 0 saturated heterocycles. The lowest BCUT2D eigenvalue weighted by Crippen LogP contribution is -2.26. The number of methoxy groups -OCH3 is 1. The lowest BCUT2D eigenvalue weighted by Gasteiger charge is -2.07. The molecule has 1 rings (SSSR count). The summed E-state index contributed by atoms with van der Waals surface area (Å²) in [6, 6.07) is 7.47. The van der Waals surface area contributed by atoms with Gasteiger partial charge in [-0.2, -0.15) is 0 Å². The molecule has 0 radical (unpaired) electrons. The molecule has 0 fully saturated rings. The van der Waals surface area contributed by atoms with Crippen LogP contribution in [0.3, 0.4) is 0 Å². The molecule has 0 spiro atoms. The van der Waals surface area contributed by atoms with Crippen LogP contribution in [0.1, 0.15) is 23.7 Å². The van der Waals surface area contributed by atoms with Crippen molar-refractivity contribution in [3.8, 4) is 0 Å². The van der Waals surface area contributed by atoms with Gasteiger partial charge in [-0.05, 0) is 30.7 Å². The maximum Gasteiger partial charge on any atom is 0.251 e. The second kappa shape index (κ2) is 7.68. The predicted octanol–water partition coefficient (Wildman–Crippen LogP) is 1.88. The molecule has 1 aromatic carbocycles. The zero-order chi connectivity index (χ0) is 12.5. The van der Waals surface area contributed by atoms with Crippen molar-refractivity contribution in [3.05, 3.63) is 29.8 Å². The maximum atomic E-state index is 11.7.